The zero-order chi connectivity index (χ0) is 9.97. The molecule has 0 amide bonds. The fraction of sp³-hybridized carbons (Fsp3) is 0.500. The first kappa shape index (κ1) is 9.53. The number of aryl methyl sites for hydroxylation is 2. The van der Waals surface area contributed by atoms with Gasteiger partial charge in [0.15, 0.2) is 0 Å². The molecule has 2 rings (SSSR count). The van der Waals surface area contributed by atoms with Crippen LogP contribution in [0.5, 0.6) is 0 Å². The molecular weight excluding hydrogens is 174 g/mol. The monoisotopic (exact) mass is 191 g/mol. The van der Waals surface area contributed by atoms with Crippen LogP contribution in [0.4, 0.5) is 5.69 Å². The van der Waals surface area contributed by atoms with Crippen LogP contribution in [-0.4, -0.2) is 19.3 Å². The van der Waals surface area contributed by atoms with Gasteiger partial charge in [0.25, 0.3) is 0 Å². The van der Waals surface area contributed by atoms with Crippen molar-refractivity contribution in [1.29, 1.82) is 0 Å². The summed E-state index contributed by atoms with van der Waals surface area (Å²) in [5, 5.41) is 3.50. The molecule has 1 fully saturated rings. The molecule has 1 aliphatic heterocycles. The van der Waals surface area contributed by atoms with Gasteiger partial charge in [0.05, 0.1) is 12.6 Å². The molecule has 2 nitrogen and oxygen atoms in total. The van der Waals surface area contributed by atoms with E-state index in [1.165, 1.54) is 16.8 Å². The SMILES string of the molecule is Cc1cc(C)cc(NC2CCOC2)c1. The molecule has 1 atom stereocenters. The second kappa shape index (κ2) is 4.01. The van der Waals surface area contributed by atoms with Crippen LogP contribution in [0.3, 0.4) is 0 Å². The molecule has 1 saturated heterocycles. The molecule has 76 valence electrons. The number of hydrogen-bond acceptors (Lipinski definition) is 2. The summed E-state index contributed by atoms with van der Waals surface area (Å²) in [5.74, 6) is 0. The van der Waals surface area contributed by atoms with Gasteiger partial charge in [0.1, 0.15) is 0 Å². The average molecular weight is 191 g/mol. The van der Waals surface area contributed by atoms with E-state index in [-0.39, 0.29) is 0 Å². The van der Waals surface area contributed by atoms with Crippen molar-refractivity contribution in [2.75, 3.05) is 18.5 Å². The first-order valence-corrected chi connectivity index (χ1v) is 5.16. The standard InChI is InChI=1S/C12H17NO/c1-9-5-10(2)7-12(6-9)13-11-3-4-14-8-11/h5-7,11,13H,3-4,8H2,1-2H3. The summed E-state index contributed by atoms with van der Waals surface area (Å²) in [6.45, 7) is 5.99. The van der Waals surface area contributed by atoms with E-state index < -0.39 is 0 Å². The van der Waals surface area contributed by atoms with Crippen LogP contribution in [0.2, 0.25) is 0 Å². The van der Waals surface area contributed by atoms with Gasteiger partial charge in [-0.15, -0.1) is 0 Å². The Hall–Kier alpha value is -1.02. The summed E-state index contributed by atoms with van der Waals surface area (Å²) in [6.07, 6.45) is 1.12. The molecule has 14 heavy (non-hydrogen) atoms. The summed E-state index contributed by atoms with van der Waals surface area (Å²) in [5.41, 5.74) is 3.84. The molecule has 0 aromatic heterocycles. The number of anilines is 1. The van der Waals surface area contributed by atoms with Crippen molar-refractivity contribution in [3.8, 4) is 0 Å². The van der Waals surface area contributed by atoms with Crippen LogP contribution in [0.25, 0.3) is 0 Å². The topological polar surface area (TPSA) is 21.3 Å². The number of ether oxygens (including phenoxy) is 1. The van der Waals surface area contributed by atoms with E-state index in [0.717, 1.165) is 19.6 Å². The molecule has 1 aromatic carbocycles. The van der Waals surface area contributed by atoms with Crippen LogP contribution < -0.4 is 5.32 Å². The highest BCUT2D eigenvalue weighted by Gasteiger charge is 2.14. The predicted molar refractivity (Wildman–Crippen MR) is 58.8 cm³/mol. The first-order valence-electron chi connectivity index (χ1n) is 5.16. The molecule has 0 bridgehead atoms. The summed E-state index contributed by atoms with van der Waals surface area (Å²) in [7, 11) is 0. The van der Waals surface area contributed by atoms with Crippen LogP contribution in [-0.2, 0) is 4.74 Å². The van der Waals surface area contributed by atoms with E-state index in [0.29, 0.717) is 6.04 Å². The minimum absolute atomic E-state index is 0.496. The maximum Gasteiger partial charge on any atom is 0.0668 e. The van der Waals surface area contributed by atoms with E-state index >= 15 is 0 Å². The Balaban J connectivity index is 2.07. The van der Waals surface area contributed by atoms with Crippen molar-refractivity contribution in [1.82, 2.24) is 0 Å². The fourth-order valence-corrected chi connectivity index (χ4v) is 1.94. The molecular formula is C12H17NO. The molecule has 1 heterocycles. The van der Waals surface area contributed by atoms with Gasteiger partial charge in [-0.3, -0.25) is 0 Å². The second-order valence-electron chi connectivity index (χ2n) is 4.08. The van der Waals surface area contributed by atoms with Gasteiger partial charge in [0.2, 0.25) is 0 Å². The zero-order valence-electron chi connectivity index (χ0n) is 8.84. The lowest BCUT2D eigenvalue weighted by Gasteiger charge is -2.13. The number of rotatable bonds is 2. The van der Waals surface area contributed by atoms with Crippen molar-refractivity contribution in [3.63, 3.8) is 0 Å². The molecule has 0 saturated carbocycles. The molecule has 0 spiro atoms. The normalized spacial score (nSPS) is 21.1. The smallest absolute Gasteiger partial charge is 0.0668 e. The van der Waals surface area contributed by atoms with Crippen LogP contribution in [0.1, 0.15) is 17.5 Å². The highest BCUT2D eigenvalue weighted by molar-refractivity contribution is 5.49. The minimum Gasteiger partial charge on any atom is -0.380 e. The minimum atomic E-state index is 0.496. The van der Waals surface area contributed by atoms with Crippen molar-refractivity contribution in [2.45, 2.75) is 26.3 Å². The van der Waals surface area contributed by atoms with E-state index in [1.807, 2.05) is 0 Å². The van der Waals surface area contributed by atoms with Gasteiger partial charge in [0, 0.05) is 12.3 Å². The third kappa shape index (κ3) is 2.26. The van der Waals surface area contributed by atoms with Crippen molar-refractivity contribution in [2.24, 2.45) is 0 Å². The number of nitrogens with one attached hydrogen (secondary N) is 1. The molecule has 2 heteroatoms. The van der Waals surface area contributed by atoms with Gasteiger partial charge in [-0.1, -0.05) is 6.07 Å². The summed E-state index contributed by atoms with van der Waals surface area (Å²) >= 11 is 0. The molecule has 1 N–H and O–H groups in total. The van der Waals surface area contributed by atoms with Crippen molar-refractivity contribution < 1.29 is 4.74 Å². The third-order valence-electron chi connectivity index (χ3n) is 2.52. The van der Waals surface area contributed by atoms with E-state index in [2.05, 4.69) is 37.4 Å². The number of benzene rings is 1. The predicted octanol–water partition coefficient (Wildman–Crippen LogP) is 2.50. The van der Waals surface area contributed by atoms with Crippen molar-refractivity contribution in [3.05, 3.63) is 29.3 Å². The van der Waals surface area contributed by atoms with E-state index in [1.54, 1.807) is 0 Å². The lowest BCUT2D eigenvalue weighted by molar-refractivity contribution is 0.195. The molecule has 1 aromatic rings. The van der Waals surface area contributed by atoms with Crippen molar-refractivity contribution >= 4 is 5.69 Å². The Morgan fingerprint density at radius 2 is 1.93 bits per heavy atom. The molecule has 1 aliphatic rings. The van der Waals surface area contributed by atoms with E-state index in [9.17, 15) is 0 Å². The van der Waals surface area contributed by atoms with Crippen LogP contribution >= 0.6 is 0 Å². The largest absolute Gasteiger partial charge is 0.380 e. The van der Waals surface area contributed by atoms with Gasteiger partial charge >= 0.3 is 0 Å². The second-order valence-corrected chi connectivity index (χ2v) is 4.08. The number of hydrogen-bond donors (Lipinski definition) is 1. The van der Waals surface area contributed by atoms with E-state index in [4.69, 9.17) is 4.74 Å². The zero-order valence-corrected chi connectivity index (χ0v) is 8.84. The van der Waals surface area contributed by atoms with Gasteiger partial charge in [-0.05, 0) is 43.5 Å². The lowest BCUT2D eigenvalue weighted by atomic mass is 10.1. The maximum absolute atomic E-state index is 5.33. The average Bonchev–Trinajstić information content (AvgIpc) is 2.54. The Morgan fingerprint density at radius 3 is 2.50 bits per heavy atom. The Bertz CT molecular complexity index is 296. The lowest BCUT2D eigenvalue weighted by Crippen LogP contribution is -2.18. The van der Waals surface area contributed by atoms with Gasteiger partial charge in [-0.25, -0.2) is 0 Å². The maximum atomic E-state index is 5.33. The quantitative estimate of drug-likeness (QED) is 0.775. The van der Waals surface area contributed by atoms with Crippen LogP contribution in [0.15, 0.2) is 18.2 Å². The Labute approximate surface area is 85.3 Å². The molecule has 0 aliphatic carbocycles. The van der Waals surface area contributed by atoms with Crippen LogP contribution in [0, 0.1) is 13.8 Å². The third-order valence-corrected chi connectivity index (χ3v) is 2.52. The fourth-order valence-electron chi connectivity index (χ4n) is 1.94. The Kier molecular flexibility index (Phi) is 2.73. The highest BCUT2D eigenvalue weighted by atomic mass is 16.5. The summed E-state index contributed by atoms with van der Waals surface area (Å²) in [4.78, 5) is 0. The summed E-state index contributed by atoms with van der Waals surface area (Å²) in [6, 6.07) is 7.06. The highest BCUT2D eigenvalue weighted by Crippen LogP contribution is 2.17. The van der Waals surface area contributed by atoms with Gasteiger partial charge in [-0.2, -0.15) is 0 Å². The first-order chi connectivity index (χ1) is 6.74. The van der Waals surface area contributed by atoms with Gasteiger partial charge < -0.3 is 10.1 Å². The Morgan fingerprint density at radius 1 is 1.21 bits per heavy atom. The molecule has 0 radical (unpaired) electrons. The summed E-state index contributed by atoms with van der Waals surface area (Å²) < 4.78 is 5.33. The molecule has 1 unspecified atom stereocenters.